The van der Waals surface area contributed by atoms with Gasteiger partial charge in [-0.1, -0.05) is 0 Å². The predicted molar refractivity (Wildman–Crippen MR) is 63.1 cm³/mol. The Morgan fingerprint density at radius 1 is 1.44 bits per heavy atom. The van der Waals surface area contributed by atoms with Crippen LogP contribution in [0.5, 0.6) is 0 Å². The van der Waals surface area contributed by atoms with Gasteiger partial charge in [0.1, 0.15) is 0 Å². The molecule has 0 unspecified atom stereocenters. The molecule has 0 saturated heterocycles. The molecule has 8 heteroatoms. The van der Waals surface area contributed by atoms with Gasteiger partial charge in [0.25, 0.3) is 0 Å². The number of amides is 1. The van der Waals surface area contributed by atoms with E-state index in [0.717, 1.165) is 15.9 Å². The molecule has 0 saturated carbocycles. The molecule has 0 bridgehead atoms. The van der Waals surface area contributed by atoms with Crippen LogP contribution in [0.4, 0.5) is 13.2 Å². The maximum Gasteiger partial charge on any atom is 0.471 e. The minimum atomic E-state index is -4.82. The quantitative estimate of drug-likeness (QED) is 0.863. The fourth-order valence-electron chi connectivity index (χ4n) is 1.42. The third kappa shape index (κ3) is 3.72. The van der Waals surface area contributed by atoms with Crippen LogP contribution in [0.15, 0.2) is 4.47 Å². The summed E-state index contributed by atoms with van der Waals surface area (Å²) in [6.45, 7) is 4.11. The lowest BCUT2D eigenvalue weighted by Gasteiger charge is -2.08. The zero-order valence-corrected chi connectivity index (χ0v) is 11.5. The summed E-state index contributed by atoms with van der Waals surface area (Å²) in [4.78, 5) is 10.5. The first-order valence-corrected chi connectivity index (χ1v) is 6.07. The van der Waals surface area contributed by atoms with Crippen LogP contribution in [0, 0.1) is 13.8 Å². The summed E-state index contributed by atoms with van der Waals surface area (Å²) in [5.41, 5.74) is 1.74. The topological polar surface area (TPSA) is 46.9 Å². The highest BCUT2D eigenvalue weighted by atomic mass is 79.9. The lowest BCUT2D eigenvalue weighted by atomic mass is 10.4. The highest BCUT2D eigenvalue weighted by Gasteiger charge is 2.38. The Kier molecular flexibility index (Phi) is 4.78. The minimum Gasteiger partial charge on any atom is -0.348 e. The summed E-state index contributed by atoms with van der Waals surface area (Å²) in [5.74, 6) is -1.91. The molecule has 1 rings (SSSR count). The number of aryl methyl sites for hydroxylation is 2. The second kappa shape index (κ2) is 5.73. The van der Waals surface area contributed by atoms with Crippen molar-refractivity contribution in [3.05, 3.63) is 15.9 Å². The normalized spacial score (nSPS) is 11.7. The average molecular weight is 328 g/mol. The van der Waals surface area contributed by atoms with Gasteiger partial charge < -0.3 is 5.32 Å². The smallest absolute Gasteiger partial charge is 0.348 e. The van der Waals surface area contributed by atoms with Gasteiger partial charge in [0, 0.05) is 18.8 Å². The Bertz CT molecular complexity index is 442. The molecular weight excluding hydrogens is 315 g/mol. The van der Waals surface area contributed by atoms with E-state index in [0.29, 0.717) is 13.0 Å². The van der Waals surface area contributed by atoms with Crippen LogP contribution >= 0.6 is 15.9 Å². The first-order chi connectivity index (χ1) is 8.23. The molecule has 0 aromatic carbocycles. The highest BCUT2D eigenvalue weighted by molar-refractivity contribution is 9.10. The molecule has 0 aliphatic rings. The maximum absolute atomic E-state index is 11.9. The summed E-state index contributed by atoms with van der Waals surface area (Å²) in [7, 11) is 0. The third-order valence-corrected chi connectivity index (χ3v) is 3.53. The van der Waals surface area contributed by atoms with E-state index in [2.05, 4.69) is 21.0 Å². The second-order valence-corrected chi connectivity index (χ2v) is 4.61. The van der Waals surface area contributed by atoms with Gasteiger partial charge in [-0.05, 0) is 36.2 Å². The molecule has 0 radical (unpaired) electrons. The molecule has 0 spiro atoms. The first-order valence-electron chi connectivity index (χ1n) is 5.28. The van der Waals surface area contributed by atoms with Crippen LogP contribution in [0.2, 0.25) is 0 Å². The number of carbonyl (C=O) groups excluding carboxylic acids is 1. The number of hydrogen-bond acceptors (Lipinski definition) is 2. The van der Waals surface area contributed by atoms with E-state index >= 15 is 0 Å². The van der Waals surface area contributed by atoms with Crippen molar-refractivity contribution in [3.63, 3.8) is 0 Å². The fraction of sp³-hybridized carbons (Fsp3) is 0.600. The second-order valence-electron chi connectivity index (χ2n) is 3.82. The lowest BCUT2D eigenvalue weighted by molar-refractivity contribution is -0.173. The Morgan fingerprint density at radius 3 is 2.50 bits per heavy atom. The summed E-state index contributed by atoms with van der Waals surface area (Å²) in [6.07, 6.45) is -4.43. The Balaban J connectivity index is 2.39. The molecule has 1 aromatic heterocycles. The molecule has 0 atom stereocenters. The van der Waals surface area contributed by atoms with Crippen LogP contribution in [0.1, 0.15) is 17.8 Å². The molecule has 1 N–H and O–H groups in total. The number of nitrogens with one attached hydrogen (secondary N) is 1. The summed E-state index contributed by atoms with van der Waals surface area (Å²) in [6, 6.07) is 0. The van der Waals surface area contributed by atoms with Crippen molar-refractivity contribution in [2.45, 2.75) is 33.0 Å². The molecule has 18 heavy (non-hydrogen) atoms. The van der Waals surface area contributed by atoms with Gasteiger partial charge >= 0.3 is 12.1 Å². The summed E-state index contributed by atoms with van der Waals surface area (Å²) >= 11 is 3.36. The summed E-state index contributed by atoms with van der Waals surface area (Å²) in [5, 5.41) is 6.03. The fourth-order valence-corrected chi connectivity index (χ4v) is 1.71. The third-order valence-electron chi connectivity index (χ3n) is 2.38. The number of hydrogen-bond donors (Lipinski definition) is 1. The van der Waals surface area contributed by atoms with Gasteiger partial charge in [0.15, 0.2) is 0 Å². The Morgan fingerprint density at radius 2 is 2.06 bits per heavy atom. The molecule has 0 fully saturated rings. The number of nitrogens with zero attached hydrogens (tertiary/aromatic N) is 2. The van der Waals surface area contributed by atoms with Crippen molar-refractivity contribution in [2.24, 2.45) is 0 Å². The number of alkyl halides is 3. The lowest BCUT2D eigenvalue weighted by Crippen LogP contribution is -2.37. The van der Waals surface area contributed by atoms with E-state index in [1.54, 1.807) is 4.68 Å². The van der Waals surface area contributed by atoms with Crippen LogP contribution in [0.3, 0.4) is 0 Å². The monoisotopic (exact) mass is 327 g/mol. The van der Waals surface area contributed by atoms with E-state index in [-0.39, 0.29) is 6.54 Å². The molecular formula is C10H13BrF3N3O. The first kappa shape index (κ1) is 15.0. The molecule has 0 aliphatic heterocycles. The van der Waals surface area contributed by atoms with Gasteiger partial charge in [-0.25, -0.2) is 0 Å². The van der Waals surface area contributed by atoms with E-state index in [4.69, 9.17) is 0 Å². The molecule has 0 aliphatic carbocycles. The molecule has 1 amide bonds. The predicted octanol–water partition coefficient (Wildman–Crippen LogP) is 2.33. The Labute approximate surface area is 111 Å². The van der Waals surface area contributed by atoms with Crippen molar-refractivity contribution in [3.8, 4) is 0 Å². The van der Waals surface area contributed by atoms with Gasteiger partial charge in [-0.15, -0.1) is 0 Å². The van der Waals surface area contributed by atoms with Crippen LogP contribution < -0.4 is 5.32 Å². The van der Waals surface area contributed by atoms with E-state index in [1.165, 1.54) is 0 Å². The van der Waals surface area contributed by atoms with Crippen molar-refractivity contribution in [1.29, 1.82) is 0 Å². The maximum atomic E-state index is 11.9. The van der Waals surface area contributed by atoms with Crippen molar-refractivity contribution in [2.75, 3.05) is 6.54 Å². The van der Waals surface area contributed by atoms with Crippen LogP contribution in [0.25, 0.3) is 0 Å². The van der Waals surface area contributed by atoms with Crippen molar-refractivity contribution in [1.82, 2.24) is 15.1 Å². The summed E-state index contributed by atoms with van der Waals surface area (Å²) < 4.78 is 38.2. The number of aromatic nitrogens is 2. The zero-order valence-electron chi connectivity index (χ0n) is 9.94. The minimum absolute atomic E-state index is 0.0334. The molecule has 102 valence electrons. The molecule has 1 aromatic rings. The number of halogens is 4. The van der Waals surface area contributed by atoms with Crippen LogP contribution in [-0.2, 0) is 11.3 Å². The van der Waals surface area contributed by atoms with Crippen molar-refractivity contribution >= 4 is 21.8 Å². The van der Waals surface area contributed by atoms with Gasteiger partial charge in [0.2, 0.25) is 0 Å². The van der Waals surface area contributed by atoms with E-state index in [9.17, 15) is 18.0 Å². The largest absolute Gasteiger partial charge is 0.471 e. The van der Waals surface area contributed by atoms with E-state index in [1.807, 2.05) is 19.2 Å². The van der Waals surface area contributed by atoms with E-state index < -0.39 is 12.1 Å². The van der Waals surface area contributed by atoms with Crippen molar-refractivity contribution < 1.29 is 18.0 Å². The highest BCUT2D eigenvalue weighted by Crippen LogP contribution is 2.19. The number of carbonyl (C=O) groups is 1. The molecule has 4 nitrogen and oxygen atoms in total. The SMILES string of the molecule is Cc1nn(CCCNC(=O)C(F)(F)F)c(C)c1Br. The zero-order chi connectivity index (χ0) is 13.9. The van der Waals surface area contributed by atoms with Gasteiger partial charge in [-0.3, -0.25) is 9.48 Å². The van der Waals surface area contributed by atoms with Gasteiger partial charge in [0.05, 0.1) is 10.2 Å². The van der Waals surface area contributed by atoms with Gasteiger partial charge in [-0.2, -0.15) is 18.3 Å². The standard InChI is InChI=1S/C10H13BrF3N3O/c1-6-8(11)7(2)17(16-6)5-3-4-15-9(18)10(12,13)14/h3-5H2,1-2H3,(H,15,18). The molecule has 1 heterocycles. The Hall–Kier alpha value is -1.05. The van der Waals surface area contributed by atoms with Crippen LogP contribution in [-0.4, -0.2) is 28.4 Å². The number of rotatable bonds is 4. The average Bonchev–Trinajstić information content (AvgIpc) is 2.51.